The number of ether oxygens (including phenoxy) is 1. The van der Waals surface area contributed by atoms with Crippen LogP contribution >= 0.6 is 12.6 Å². The lowest BCUT2D eigenvalue weighted by molar-refractivity contribution is 0.231. The van der Waals surface area contributed by atoms with Crippen LogP contribution < -0.4 is 4.74 Å². The highest BCUT2D eigenvalue weighted by atomic mass is 32.1. The van der Waals surface area contributed by atoms with E-state index in [-0.39, 0.29) is 17.9 Å². The number of amides is 1. The van der Waals surface area contributed by atoms with Crippen LogP contribution in [0, 0.1) is 11.6 Å². The van der Waals surface area contributed by atoms with Gasteiger partial charge in [0.15, 0.2) is 11.6 Å². The van der Waals surface area contributed by atoms with Gasteiger partial charge in [0, 0.05) is 25.2 Å². The van der Waals surface area contributed by atoms with E-state index in [1.807, 2.05) is 0 Å². The zero-order valence-corrected chi connectivity index (χ0v) is 9.72. The third-order valence-electron chi connectivity index (χ3n) is 2.05. The molecule has 0 radical (unpaired) electrons. The van der Waals surface area contributed by atoms with E-state index in [9.17, 15) is 13.6 Å². The van der Waals surface area contributed by atoms with Crippen molar-refractivity contribution in [3.63, 3.8) is 0 Å². The number of halogens is 2. The van der Waals surface area contributed by atoms with Crippen molar-refractivity contribution >= 4 is 17.9 Å². The first-order chi connectivity index (χ1) is 7.45. The van der Waals surface area contributed by atoms with Crippen LogP contribution in [0.25, 0.3) is 0 Å². The number of nitrogens with zero attached hydrogens (tertiary/aromatic N) is 1. The van der Waals surface area contributed by atoms with Gasteiger partial charge >= 0.3 is 0 Å². The lowest BCUT2D eigenvalue weighted by atomic mass is 10.2. The van der Waals surface area contributed by atoms with Gasteiger partial charge in [0.1, 0.15) is 5.82 Å². The number of benzene rings is 1. The molecule has 3 nitrogen and oxygen atoms in total. The second-order valence-corrected chi connectivity index (χ2v) is 3.60. The zero-order chi connectivity index (χ0) is 12.3. The number of hydrogen-bond donors (Lipinski definition) is 1. The van der Waals surface area contributed by atoms with Gasteiger partial charge in [-0.05, 0) is 6.07 Å². The predicted molar refractivity (Wildman–Crippen MR) is 58.8 cm³/mol. The highest BCUT2D eigenvalue weighted by Gasteiger charge is 2.13. The summed E-state index contributed by atoms with van der Waals surface area (Å²) in [4.78, 5) is 12.0. The van der Waals surface area contributed by atoms with Crippen LogP contribution in [-0.2, 0) is 6.54 Å². The summed E-state index contributed by atoms with van der Waals surface area (Å²) in [5.74, 6) is -1.46. The fraction of sp³-hybridized carbons (Fsp3) is 0.300. The van der Waals surface area contributed by atoms with Crippen molar-refractivity contribution in [3.8, 4) is 5.75 Å². The highest BCUT2D eigenvalue weighted by molar-refractivity contribution is 7.96. The van der Waals surface area contributed by atoms with Crippen molar-refractivity contribution in [1.82, 2.24) is 4.90 Å². The van der Waals surface area contributed by atoms with Gasteiger partial charge in [-0.15, -0.1) is 0 Å². The Morgan fingerprint density at radius 3 is 2.56 bits per heavy atom. The van der Waals surface area contributed by atoms with Gasteiger partial charge in [-0.25, -0.2) is 8.78 Å². The Bertz CT molecular complexity index is 412. The largest absolute Gasteiger partial charge is 0.494 e. The van der Waals surface area contributed by atoms with Crippen LogP contribution in [0.2, 0.25) is 0 Å². The van der Waals surface area contributed by atoms with Crippen LogP contribution in [0.3, 0.4) is 0 Å². The second-order valence-electron chi connectivity index (χ2n) is 3.22. The Morgan fingerprint density at radius 1 is 1.44 bits per heavy atom. The van der Waals surface area contributed by atoms with Crippen molar-refractivity contribution in [1.29, 1.82) is 0 Å². The van der Waals surface area contributed by atoms with Crippen molar-refractivity contribution in [2.24, 2.45) is 0 Å². The standard InChI is InChI=1S/C10H11F2NO2S/c1-13(10(14)16)5-6-3-8(12)9(15-2)4-7(6)11/h3-4H,5H2,1-2H3,(H,14,16). The third-order valence-corrected chi connectivity index (χ3v) is 2.40. The van der Waals surface area contributed by atoms with E-state index in [2.05, 4.69) is 17.4 Å². The minimum atomic E-state index is -0.668. The van der Waals surface area contributed by atoms with E-state index in [4.69, 9.17) is 0 Å². The summed E-state index contributed by atoms with van der Waals surface area (Å²) in [6.07, 6.45) is 0. The van der Waals surface area contributed by atoms with E-state index in [1.54, 1.807) is 0 Å². The molecule has 0 unspecified atom stereocenters. The average Bonchev–Trinajstić information content (AvgIpc) is 2.22. The van der Waals surface area contributed by atoms with Gasteiger partial charge in [-0.2, -0.15) is 0 Å². The molecule has 0 aliphatic carbocycles. The lowest BCUT2D eigenvalue weighted by Crippen LogP contribution is -2.21. The molecule has 16 heavy (non-hydrogen) atoms. The maximum absolute atomic E-state index is 13.4. The molecule has 0 saturated carbocycles. The quantitative estimate of drug-likeness (QED) is 0.831. The van der Waals surface area contributed by atoms with E-state index in [0.29, 0.717) is 0 Å². The van der Waals surface area contributed by atoms with Gasteiger partial charge in [0.2, 0.25) is 0 Å². The first-order valence-electron chi connectivity index (χ1n) is 4.41. The Morgan fingerprint density at radius 2 is 2.06 bits per heavy atom. The van der Waals surface area contributed by atoms with Gasteiger partial charge in [0.25, 0.3) is 5.24 Å². The second kappa shape index (κ2) is 5.16. The molecule has 1 amide bonds. The van der Waals surface area contributed by atoms with Crippen LogP contribution in [0.1, 0.15) is 5.56 Å². The SMILES string of the molecule is COc1cc(F)c(CN(C)C(=O)S)cc1F. The van der Waals surface area contributed by atoms with Crippen molar-refractivity contribution in [3.05, 3.63) is 29.3 Å². The van der Waals surface area contributed by atoms with Crippen LogP contribution in [0.4, 0.5) is 13.6 Å². The molecule has 0 bridgehead atoms. The minimum Gasteiger partial charge on any atom is -0.494 e. The molecule has 0 saturated heterocycles. The Balaban J connectivity index is 2.98. The van der Waals surface area contributed by atoms with E-state index < -0.39 is 16.9 Å². The maximum atomic E-state index is 13.4. The molecule has 0 heterocycles. The molecule has 88 valence electrons. The molecule has 0 atom stereocenters. The molecule has 1 aromatic rings. The molecule has 0 aliphatic rings. The first kappa shape index (κ1) is 12.8. The van der Waals surface area contributed by atoms with Crippen molar-refractivity contribution < 1.29 is 18.3 Å². The Kier molecular flexibility index (Phi) is 4.12. The maximum Gasteiger partial charge on any atom is 0.278 e. The fourth-order valence-electron chi connectivity index (χ4n) is 1.17. The molecule has 0 fully saturated rings. The normalized spacial score (nSPS) is 10.1. The molecule has 1 aromatic carbocycles. The summed E-state index contributed by atoms with van der Waals surface area (Å²) >= 11 is 3.57. The number of methoxy groups -OCH3 is 1. The highest BCUT2D eigenvalue weighted by Crippen LogP contribution is 2.22. The lowest BCUT2D eigenvalue weighted by Gasteiger charge is -2.15. The smallest absolute Gasteiger partial charge is 0.278 e. The summed E-state index contributed by atoms with van der Waals surface area (Å²) in [5.41, 5.74) is 0.0724. The average molecular weight is 247 g/mol. The summed E-state index contributed by atoms with van der Waals surface area (Å²) < 4.78 is 31.3. The Labute approximate surface area is 97.4 Å². The first-order valence-corrected chi connectivity index (χ1v) is 4.86. The fourth-order valence-corrected chi connectivity index (χ4v) is 1.24. The van der Waals surface area contributed by atoms with Crippen LogP contribution in [0.5, 0.6) is 5.75 Å². The molecular weight excluding hydrogens is 236 g/mol. The summed E-state index contributed by atoms with van der Waals surface area (Å²) in [7, 11) is 2.69. The number of hydrogen-bond acceptors (Lipinski definition) is 2. The van der Waals surface area contributed by atoms with Gasteiger partial charge in [-0.3, -0.25) is 4.79 Å². The van der Waals surface area contributed by atoms with E-state index in [1.165, 1.54) is 14.2 Å². The molecule has 1 rings (SSSR count). The Hall–Kier alpha value is -1.30. The zero-order valence-electron chi connectivity index (χ0n) is 8.83. The molecule has 0 aromatic heterocycles. The number of carbonyl (C=O) groups excluding carboxylic acids is 1. The van der Waals surface area contributed by atoms with E-state index in [0.717, 1.165) is 17.0 Å². The van der Waals surface area contributed by atoms with Crippen molar-refractivity contribution in [2.45, 2.75) is 6.54 Å². The molecular formula is C10H11F2NO2S. The third kappa shape index (κ3) is 2.85. The number of carbonyl (C=O) groups is 1. The number of thiol groups is 1. The summed E-state index contributed by atoms with van der Waals surface area (Å²) in [6.45, 7) is -0.0465. The summed E-state index contributed by atoms with van der Waals surface area (Å²) in [6, 6.07) is 1.95. The minimum absolute atomic E-state index is 0.0465. The van der Waals surface area contributed by atoms with Gasteiger partial charge in [-0.1, -0.05) is 12.6 Å². The molecule has 6 heteroatoms. The topological polar surface area (TPSA) is 29.5 Å². The van der Waals surface area contributed by atoms with Crippen LogP contribution in [-0.4, -0.2) is 24.3 Å². The monoisotopic (exact) mass is 247 g/mol. The van der Waals surface area contributed by atoms with E-state index >= 15 is 0 Å². The summed E-state index contributed by atoms with van der Waals surface area (Å²) in [5, 5.41) is -0.518. The molecule has 0 aliphatic heterocycles. The van der Waals surface area contributed by atoms with Gasteiger partial charge in [0.05, 0.1) is 7.11 Å². The predicted octanol–water partition coefficient (Wildman–Crippen LogP) is 2.46. The number of rotatable bonds is 3. The van der Waals surface area contributed by atoms with Gasteiger partial charge < -0.3 is 9.64 Å². The van der Waals surface area contributed by atoms with Crippen molar-refractivity contribution in [2.75, 3.05) is 14.2 Å². The molecule has 0 N–H and O–H groups in total. The van der Waals surface area contributed by atoms with Crippen LogP contribution in [0.15, 0.2) is 12.1 Å². The molecule has 0 spiro atoms.